The number of carbonyl (C=O) groups is 1. The second-order valence-corrected chi connectivity index (χ2v) is 3.30. The largest absolute Gasteiger partial charge is 0.467 e. The maximum Gasteiger partial charge on any atom is 0.293 e. The Morgan fingerprint density at radius 2 is 2.08 bits per heavy atom. The van der Waals surface area contributed by atoms with Crippen molar-refractivity contribution in [3.05, 3.63) is 30.3 Å². The van der Waals surface area contributed by atoms with E-state index in [0.29, 0.717) is 13.1 Å². The highest BCUT2D eigenvalue weighted by Gasteiger charge is 1.91. The van der Waals surface area contributed by atoms with Gasteiger partial charge >= 0.3 is 0 Å². The second kappa shape index (κ2) is 5.66. The Kier molecular flexibility index (Phi) is 4.31. The van der Waals surface area contributed by atoms with Gasteiger partial charge in [-0.15, -0.1) is 11.8 Å². The lowest BCUT2D eigenvalue weighted by molar-refractivity contribution is -0.128. The molecule has 1 aromatic rings. The van der Waals surface area contributed by atoms with Crippen LogP contribution >= 0.6 is 11.8 Å². The summed E-state index contributed by atoms with van der Waals surface area (Å²) in [5, 5.41) is 0. The number of hydrogen-bond donors (Lipinski definition) is 0. The highest BCUT2D eigenvalue weighted by molar-refractivity contribution is 7.99. The summed E-state index contributed by atoms with van der Waals surface area (Å²) in [6.45, 7) is 0.953. The average molecular weight is 182 g/mol. The van der Waals surface area contributed by atoms with Gasteiger partial charge in [-0.3, -0.25) is 4.79 Å². The number of carbonyl (C=O) groups excluding carboxylic acids is 1. The van der Waals surface area contributed by atoms with Gasteiger partial charge in [-0.05, 0) is 12.1 Å². The van der Waals surface area contributed by atoms with Gasteiger partial charge in [0.1, 0.15) is 6.61 Å². The van der Waals surface area contributed by atoms with Crippen molar-refractivity contribution in [1.29, 1.82) is 0 Å². The van der Waals surface area contributed by atoms with Crippen LogP contribution in [-0.4, -0.2) is 18.8 Å². The lowest BCUT2D eigenvalue weighted by Crippen LogP contribution is -1.93. The van der Waals surface area contributed by atoms with Crippen LogP contribution in [0.2, 0.25) is 0 Å². The van der Waals surface area contributed by atoms with Gasteiger partial charge in [0.25, 0.3) is 6.47 Å². The van der Waals surface area contributed by atoms with Crippen molar-refractivity contribution in [2.45, 2.75) is 4.90 Å². The fraction of sp³-hybridized carbons (Fsp3) is 0.222. The van der Waals surface area contributed by atoms with Crippen molar-refractivity contribution >= 4 is 18.2 Å². The van der Waals surface area contributed by atoms with Crippen LogP contribution in [0, 0.1) is 0 Å². The maximum absolute atomic E-state index is 9.78. The fourth-order valence-corrected chi connectivity index (χ4v) is 1.54. The first-order valence-electron chi connectivity index (χ1n) is 3.66. The molecule has 1 aromatic carbocycles. The van der Waals surface area contributed by atoms with Crippen LogP contribution in [0.5, 0.6) is 0 Å². The quantitative estimate of drug-likeness (QED) is 0.395. The highest BCUT2D eigenvalue weighted by atomic mass is 32.2. The van der Waals surface area contributed by atoms with E-state index in [1.165, 1.54) is 4.90 Å². The van der Waals surface area contributed by atoms with Crippen LogP contribution in [-0.2, 0) is 9.53 Å². The molecule has 0 saturated heterocycles. The van der Waals surface area contributed by atoms with E-state index in [0.717, 1.165) is 5.75 Å². The van der Waals surface area contributed by atoms with E-state index < -0.39 is 0 Å². The number of thioether (sulfide) groups is 1. The SMILES string of the molecule is O=COCCSc1ccccc1. The molecule has 0 N–H and O–H groups in total. The van der Waals surface area contributed by atoms with Gasteiger partial charge in [0, 0.05) is 10.6 Å². The molecule has 0 fully saturated rings. The minimum atomic E-state index is 0.475. The molecule has 0 aliphatic rings. The summed E-state index contributed by atoms with van der Waals surface area (Å²) in [5.74, 6) is 0.808. The van der Waals surface area contributed by atoms with Gasteiger partial charge in [0.05, 0.1) is 0 Å². The standard InChI is InChI=1S/C9H10O2S/c10-8-11-6-7-12-9-4-2-1-3-5-9/h1-5,8H,6-7H2. The molecule has 0 aliphatic carbocycles. The Bertz CT molecular complexity index is 223. The van der Waals surface area contributed by atoms with Crippen LogP contribution in [0.15, 0.2) is 35.2 Å². The van der Waals surface area contributed by atoms with Gasteiger partial charge in [0.15, 0.2) is 0 Å². The number of rotatable bonds is 5. The molecular formula is C9H10O2S. The predicted molar refractivity (Wildman–Crippen MR) is 49.2 cm³/mol. The zero-order chi connectivity index (χ0) is 8.65. The smallest absolute Gasteiger partial charge is 0.293 e. The Balaban J connectivity index is 2.20. The molecule has 12 heavy (non-hydrogen) atoms. The van der Waals surface area contributed by atoms with E-state index in [4.69, 9.17) is 0 Å². The van der Waals surface area contributed by atoms with Crippen LogP contribution in [0.3, 0.4) is 0 Å². The summed E-state index contributed by atoms with van der Waals surface area (Å²) >= 11 is 1.68. The second-order valence-electron chi connectivity index (χ2n) is 2.13. The molecule has 0 unspecified atom stereocenters. The summed E-state index contributed by atoms with van der Waals surface area (Å²) in [6, 6.07) is 10.0. The minimum absolute atomic E-state index is 0.475. The van der Waals surface area contributed by atoms with Crippen molar-refractivity contribution in [3.8, 4) is 0 Å². The molecule has 0 aliphatic heterocycles. The molecule has 2 nitrogen and oxygen atoms in total. The molecule has 0 heterocycles. The van der Waals surface area contributed by atoms with E-state index in [2.05, 4.69) is 4.74 Å². The molecule has 3 heteroatoms. The van der Waals surface area contributed by atoms with E-state index in [9.17, 15) is 4.79 Å². The fourth-order valence-electron chi connectivity index (χ4n) is 0.772. The van der Waals surface area contributed by atoms with Crippen LogP contribution < -0.4 is 0 Å². The van der Waals surface area contributed by atoms with E-state index in [-0.39, 0.29) is 0 Å². The van der Waals surface area contributed by atoms with Gasteiger partial charge in [-0.2, -0.15) is 0 Å². The van der Waals surface area contributed by atoms with Crippen LogP contribution in [0.1, 0.15) is 0 Å². The molecule has 0 radical (unpaired) electrons. The zero-order valence-corrected chi connectivity index (χ0v) is 7.42. The average Bonchev–Trinajstić information content (AvgIpc) is 2.14. The molecular weight excluding hydrogens is 172 g/mol. The minimum Gasteiger partial charge on any atom is -0.467 e. The Morgan fingerprint density at radius 1 is 1.33 bits per heavy atom. The van der Waals surface area contributed by atoms with Crippen molar-refractivity contribution in [1.82, 2.24) is 0 Å². The van der Waals surface area contributed by atoms with E-state index in [1.54, 1.807) is 11.8 Å². The monoisotopic (exact) mass is 182 g/mol. The predicted octanol–water partition coefficient (Wildman–Crippen LogP) is 1.95. The molecule has 0 bridgehead atoms. The van der Waals surface area contributed by atoms with Crippen molar-refractivity contribution in [2.24, 2.45) is 0 Å². The summed E-state index contributed by atoms with van der Waals surface area (Å²) in [5.41, 5.74) is 0. The van der Waals surface area contributed by atoms with Crippen molar-refractivity contribution in [3.63, 3.8) is 0 Å². The summed E-state index contributed by atoms with van der Waals surface area (Å²) < 4.78 is 4.55. The molecule has 64 valence electrons. The Morgan fingerprint density at radius 3 is 2.75 bits per heavy atom. The molecule has 1 rings (SSSR count). The summed E-state index contributed by atoms with van der Waals surface area (Å²) in [4.78, 5) is 11.0. The number of ether oxygens (including phenoxy) is 1. The van der Waals surface area contributed by atoms with E-state index >= 15 is 0 Å². The maximum atomic E-state index is 9.78. The Hall–Kier alpha value is -0.960. The normalized spacial score (nSPS) is 9.33. The third-order valence-electron chi connectivity index (χ3n) is 1.28. The van der Waals surface area contributed by atoms with E-state index in [1.807, 2.05) is 30.3 Å². The first-order chi connectivity index (χ1) is 5.93. The molecule has 0 spiro atoms. The third-order valence-corrected chi connectivity index (χ3v) is 2.26. The summed E-state index contributed by atoms with van der Waals surface area (Å²) in [6.07, 6.45) is 0. The lowest BCUT2D eigenvalue weighted by atomic mass is 10.4. The van der Waals surface area contributed by atoms with Crippen molar-refractivity contribution < 1.29 is 9.53 Å². The molecule has 0 saturated carbocycles. The van der Waals surface area contributed by atoms with Crippen molar-refractivity contribution in [2.75, 3.05) is 12.4 Å². The van der Waals surface area contributed by atoms with Gasteiger partial charge in [-0.1, -0.05) is 18.2 Å². The summed E-state index contributed by atoms with van der Waals surface area (Å²) in [7, 11) is 0. The highest BCUT2D eigenvalue weighted by Crippen LogP contribution is 2.15. The van der Waals surface area contributed by atoms with Crippen LogP contribution in [0.25, 0.3) is 0 Å². The molecule has 0 atom stereocenters. The first kappa shape index (κ1) is 9.13. The number of hydrogen-bond acceptors (Lipinski definition) is 3. The third kappa shape index (κ3) is 3.44. The molecule has 0 aromatic heterocycles. The van der Waals surface area contributed by atoms with Gasteiger partial charge in [-0.25, -0.2) is 0 Å². The number of benzene rings is 1. The molecule has 0 amide bonds. The van der Waals surface area contributed by atoms with Gasteiger partial charge in [0.2, 0.25) is 0 Å². The lowest BCUT2D eigenvalue weighted by Gasteiger charge is -1.98. The Labute approximate surface area is 75.9 Å². The zero-order valence-electron chi connectivity index (χ0n) is 6.60. The van der Waals surface area contributed by atoms with Gasteiger partial charge < -0.3 is 4.74 Å². The topological polar surface area (TPSA) is 26.3 Å². The first-order valence-corrected chi connectivity index (χ1v) is 4.65. The van der Waals surface area contributed by atoms with Crippen LogP contribution in [0.4, 0.5) is 0 Å².